The molecule has 0 saturated heterocycles. The second-order valence-electron chi connectivity index (χ2n) is 5.19. The summed E-state index contributed by atoms with van der Waals surface area (Å²) >= 11 is 0. The van der Waals surface area contributed by atoms with Crippen LogP contribution in [0.15, 0.2) is 30.3 Å². The third-order valence-corrected chi connectivity index (χ3v) is 3.32. The van der Waals surface area contributed by atoms with Crippen LogP contribution in [-0.4, -0.2) is 19.3 Å². The summed E-state index contributed by atoms with van der Waals surface area (Å²) < 4.78 is 5.80. The second kappa shape index (κ2) is 11.0. The molecule has 0 bridgehead atoms. The van der Waals surface area contributed by atoms with Crippen LogP contribution in [0.4, 0.5) is 0 Å². The van der Waals surface area contributed by atoms with Gasteiger partial charge in [0.15, 0.2) is 0 Å². The van der Waals surface area contributed by atoms with E-state index in [0.717, 1.165) is 19.7 Å². The fourth-order valence-electron chi connectivity index (χ4n) is 2.10. The van der Waals surface area contributed by atoms with E-state index in [1.54, 1.807) is 0 Å². The molecule has 0 aromatic heterocycles. The van der Waals surface area contributed by atoms with E-state index in [1.165, 1.54) is 37.7 Å². The Morgan fingerprint density at radius 3 is 2.63 bits per heavy atom. The molecule has 0 heterocycles. The van der Waals surface area contributed by atoms with Gasteiger partial charge in [0.25, 0.3) is 0 Å². The largest absolute Gasteiger partial charge is 0.377 e. The van der Waals surface area contributed by atoms with Gasteiger partial charge in [-0.3, -0.25) is 0 Å². The van der Waals surface area contributed by atoms with Crippen LogP contribution in [0.1, 0.15) is 51.5 Å². The fraction of sp³-hybridized carbons (Fsp3) is 0.647. The molecule has 0 saturated carbocycles. The molecule has 19 heavy (non-hydrogen) atoms. The fourth-order valence-corrected chi connectivity index (χ4v) is 2.10. The molecule has 1 aromatic carbocycles. The van der Waals surface area contributed by atoms with Crippen LogP contribution in [0, 0.1) is 0 Å². The molecule has 0 spiro atoms. The van der Waals surface area contributed by atoms with Gasteiger partial charge in [-0.25, -0.2) is 0 Å². The van der Waals surface area contributed by atoms with Crippen molar-refractivity contribution in [2.45, 2.75) is 58.6 Å². The number of rotatable bonds is 11. The Hall–Kier alpha value is -0.860. The summed E-state index contributed by atoms with van der Waals surface area (Å²) in [6.45, 7) is 7.09. The zero-order valence-corrected chi connectivity index (χ0v) is 12.5. The van der Waals surface area contributed by atoms with E-state index in [2.05, 4.69) is 43.4 Å². The molecule has 108 valence electrons. The van der Waals surface area contributed by atoms with Crippen LogP contribution in [0.3, 0.4) is 0 Å². The van der Waals surface area contributed by atoms with Crippen molar-refractivity contribution in [3.05, 3.63) is 35.9 Å². The number of hydrogen-bond donors (Lipinski definition) is 1. The van der Waals surface area contributed by atoms with Crippen molar-refractivity contribution in [2.24, 2.45) is 0 Å². The highest BCUT2D eigenvalue weighted by Gasteiger charge is 2.01. The average Bonchev–Trinajstić information content (AvgIpc) is 2.44. The first kappa shape index (κ1) is 16.2. The highest BCUT2D eigenvalue weighted by Crippen LogP contribution is 2.07. The molecule has 0 amide bonds. The van der Waals surface area contributed by atoms with Gasteiger partial charge in [-0.1, -0.05) is 62.9 Å². The normalized spacial score (nSPS) is 12.5. The van der Waals surface area contributed by atoms with Gasteiger partial charge in [0.05, 0.1) is 12.7 Å². The maximum Gasteiger partial charge on any atom is 0.0594 e. The minimum atomic E-state index is 0.399. The van der Waals surface area contributed by atoms with Crippen molar-refractivity contribution >= 4 is 0 Å². The van der Waals surface area contributed by atoms with Crippen LogP contribution < -0.4 is 5.32 Å². The Bertz CT molecular complexity index is 299. The molecule has 0 aliphatic rings. The van der Waals surface area contributed by atoms with Gasteiger partial charge in [0, 0.05) is 13.1 Å². The van der Waals surface area contributed by atoms with Gasteiger partial charge in [0.1, 0.15) is 0 Å². The molecule has 0 aliphatic heterocycles. The first-order valence-electron chi connectivity index (χ1n) is 7.69. The third-order valence-electron chi connectivity index (χ3n) is 3.32. The zero-order valence-electron chi connectivity index (χ0n) is 12.5. The van der Waals surface area contributed by atoms with Crippen LogP contribution >= 0.6 is 0 Å². The summed E-state index contributed by atoms with van der Waals surface area (Å²) in [5.41, 5.74) is 1.33. The SMILES string of the molecule is CCCCCCC(C)OCCNCc1ccccc1. The lowest BCUT2D eigenvalue weighted by molar-refractivity contribution is 0.0603. The van der Waals surface area contributed by atoms with Gasteiger partial charge < -0.3 is 10.1 Å². The van der Waals surface area contributed by atoms with E-state index in [9.17, 15) is 0 Å². The zero-order chi connectivity index (χ0) is 13.8. The molecule has 1 rings (SSSR count). The molecule has 0 fully saturated rings. The van der Waals surface area contributed by atoms with E-state index in [4.69, 9.17) is 4.74 Å². The van der Waals surface area contributed by atoms with Crippen molar-refractivity contribution in [3.63, 3.8) is 0 Å². The lowest BCUT2D eigenvalue weighted by Gasteiger charge is -2.13. The van der Waals surface area contributed by atoms with Crippen LogP contribution in [0.25, 0.3) is 0 Å². The van der Waals surface area contributed by atoms with E-state index < -0.39 is 0 Å². The molecule has 0 radical (unpaired) electrons. The second-order valence-corrected chi connectivity index (χ2v) is 5.19. The first-order valence-corrected chi connectivity index (χ1v) is 7.69. The predicted octanol–water partition coefficient (Wildman–Crippen LogP) is 4.15. The number of hydrogen-bond acceptors (Lipinski definition) is 2. The summed E-state index contributed by atoms with van der Waals surface area (Å²) in [6.07, 6.45) is 6.89. The van der Waals surface area contributed by atoms with E-state index in [1.807, 2.05) is 6.07 Å². The number of nitrogens with one attached hydrogen (secondary N) is 1. The highest BCUT2D eigenvalue weighted by molar-refractivity contribution is 5.14. The molecule has 1 N–H and O–H groups in total. The van der Waals surface area contributed by atoms with Crippen LogP contribution in [0.5, 0.6) is 0 Å². The summed E-state index contributed by atoms with van der Waals surface area (Å²) in [4.78, 5) is 0. The molecule has 1 aromatic rings. The number of benzene rings is 1. The molecule has 0 aliphatic carbocycles. The van der Waals surface area contributed by atoms with Crippen molar-refractivity contribution in [1.29, 1.82) is 0 Å². The Morgan fingerprint density at radius 1 is 1.11 bits per heavy atom. The predicted molar refractivity (Wildman–Crippen MR) is 82.3 cm³/mol. The molecule has 2 heteroatoms. The molecule has 2 nitrogen and oxygen atoms in total. The van der Waals surface area contributed by atoms with E-state index >= 15 is 0 Å². The molecule has 1 atom stereocenters. The quantitative estimate of drug-likeness (QED) is 0.606. The Balaban J connectivity index is 1.92. The van der Waals surface area contributed by atoms with E-state index in [0.29, 0.717) is 6.10 Å². The Morgan fingerprint density at radius 2 is 1.89 bits per heavy atom. The van der Waals surface area contributed by atoms with E-state index in [-0.39, 0.29) is 0 Å². The monoisotopic (exact) mass is 263 g/mol. The minimum Gasteiger partial charge on any atom is -0.377 e. The number of ether oxygens (including phenoxy) is 1. The van der Waals surface area contributed by atoms with Gasteiger partial charge in [0.2, 0.25) is 0 Å². The number of unbranched alkanes of at least 4 members (excludes halogenated alkanes) is 3. The molecular formula is C17H29NO. The third kappa shape index (κ3) is 8.79. The van der Waals surface area contributed by atoms with Crippen LogP contribution in [-0.2, 0) is 11.3 Å². The van der Waals surface area contributed by atoms with Gasteiger partial charge in [-0.05, 0) is 18.9 Å². The Kier molecular flexibility index (Phi) is 9.38. The van der Waals surface area contributed by atoms with Crippen molar-refractivity contribution in [1.82, 2.24) is 5.32 Å². The summed E-state index contributed by atoms with van der Waals surface area (Å²) in [5, 5.41) is 3.41. The lowest BCUT2D eigenvalue weighted by Crippen LogP contribution is -2.21. The summed E-state index contributed by atoms with van der Waals surface area (Å²) in [7, 11) is 0. The minimum absolute atomic E-state index is 0.399. The van der Waals surface area contributed by atoms with Gasteiger partial charge >= 0.3 is 0 Å². The van der Waals surface area contributed by atoms with Crippen molar-refractivity contribution in [2.75, 3.05) is 13.2 Å². The summed E-state index contributed by atoms with van der Waals surface area (Å²) in [5.74, 6) is 0. The smallest absolute Gasteiger partial charge is 0.0594 e. The Labute approximate surface area is 118 Å². The van der Waals surface area contributed by atoms with Crippen LogP contribution in [0.2, 0.25) is 0 Å². The highest BCUT2D eigenvalue weighted by atomic mass is 16.5. The lowest BCUT2D eigenvalue weighted by atomic mass is 10.1. The standard InChI is InChI=1S/C17H29NO/c1-3-4-5-7-10-16(2)19-14-13-18-15-17-11-8-6-9-12-17/h6,8-9,11-12,16,18H,3-5,7,10,13-15H2,1-2H3. The topological polar surface area (TPSA) is 21.3 Å². The maximum absolute atomic E-state index is 5.80. The molecule has 1 unspecified atom stereocenters. The van der Waals surface area contributed by atoms with Crippen molar-refractivity contribution in [3.8, 4) is 0 Å². The molecular weight excluding hydrogens is 234 g/mol. The van der Waals surface area contributed by atoms with Gasteiger partial charge in [-0.2, -0.15) is 0 Å². The average molecular weight is 263 g/mol. The summed E-state index contributed by atoms with van der Waals surface area (Å²) in [6, 6.07) is 10.5. The maximum atomic E-state index is 5.80. The first-order chi connectivity index (χ1) is 9.33. The van der Waals surface area contributed by atoms with Crippen molar-refractivity contribution < 1.29 is 4.74 Å². The van der Waals surface area contributed by atoms with Gasteiger partial charge in [-0.15, -0.1) is 0 Å².